The minimum absolute atomic E-state index is 0.0653. The first-order valence-corrected chi connectivity index (χ1v) is 11.2. The van der Waals surface area contributed by atoms with Crippen molar-refractivity contribution in [1.29, 1.82) is 0 Å². The monoisotopic (exact) mass is 420 g/mol. The smallest absolute Gasteiger partial charge is 0.307 e. The fourth-order valence-electron chi connectivity index (χ4n) is 3.44. The molecule has 0 saturated heterocycles. The van der Waals surface area contributed by atoms with Crippen LogP contribution in [0.5, 0.6) is 5.75 Å². The number of unbranched alkanes of at least 4 members (excludes halogenated alkanes) is 1. The Hall–Kier alpha value is -2.38. The molecule has 0 fully saturated rings. The second kappa shape index (κ2) is 11.0. The van der Waals surface area contributed by atoms with Gasteiger partial charge in [0.1, 0.15) is 5.75 Å². The molecular weight excluding hydrogens is 392 g/mol. The number of aryl methyl sites for hydroxylation is 1. The zero-order chi connectivity index (χ0) is 21.3. The second-order valence-electron chi connectivity index (χ2n) is 6.95. The van der Waals surface area contributed by atoms with Crippen LogP contribution >= 0.6 is 0 Å². The Morgan fingerprint density at radius 3 is 2.21 bits per heavy atom. The van der Waals surface area contributed by atoms with Crippen LogP contribution in [0.15, 0.2) is 59.5 Å². The predicted octanol–water partition coefficient (Wildman–Crippen LogP) is 3.33. The van der Waals surface area contributed by atoms with Gasteiger partial charge in [-0.15, -0.1) is 0 Å². The number of carboxylic acids is 1. The quantitative estimate of drug-likeness (QED) is 0.511. The molecule has 0 spiro atoms. The Morgan fingerprint density at radius 2 is 1.66 bits per heavy atom. The molecule has 2 rings (SSSR count). The van der Waals surface area contributed by atoms with Crippen LogP contribution in [0.2, 0.25) is 0 Å². The molecule has 2 N–H and O–H groups in total. The van der Waals surface area contributed by atoms with Crippen LogP contribution in [0.1, 0.15) is 31.2 Å². The van der Waals surface area contributed by atoms with Gasteiger partial charge in [0.15, 0.2) is 9.84 Å². The lowest BCUT2D eigenvalue weighted by atomic mass is 9.96. The number of benzene rings is 2. The van der Waals surface area contributed by atoms with Crippen molar-refractivity contribution in [1.82, 2.24) is 0 Å². The van der Waals surface area contributed by atoms with Gasteiger partial charge < -0.3 is 14.9 Å². The molecule has 0 aliphatic rings. The van der Waals surface area contributed by atoms with Crippen molar-refractivity contribution in [3.05, 3.63) is 60.2 Å². The van der Waals surface area contributed by atoms with Crippen molar-refractivity contribution in [2.45, 2.75) is 42.2 Å². The van der Waals surface area contributed by atoms with Crippen LogP contribution in [0, 0.1) is 5.92 Å². The summed E-state index contributed by atoms with van der Waals surface area (Å²) in [5, 5.41) is 17.8. The normalized spacial score (nSPS) is 13.6. The molecular formula is C22H28O6S. The zero-order valence-electron chi connectivity index (χ0n) is 16.5. The zero-order valence-corrected chi connectivity index (χ0v) is 17.3. The van der Waals surface area contributed by atoms with Crippen molar-refractivity contribution in [2.75, 3.05) is 13.7 Å². The molecule has 158 valence electrons. The average molecular weight is 421 g/mol. The molecule has 0 aromatic heterocycles. The number of aliphatic carboxylic acids is 1. The highest BCUT2D eigenvalue weighted by molar-refractivity contribution is 7.92. The number of hydrogen-bond acceptors (Lipinski definition) is 5. The molecule has 29 heavy (non-hydrogen) atoms. The largest absolute Gasteiger partial charge is 0.497 e. The van der Waals surface area contributed by atoms with E-state index >= 15 is 0 Å². The van der Waals surface area contributed by atoms with Gasteiger partial charge in [-0.25, -0.2) is 8.42 Å². The van der Waals surface area contributed by atoms with Crippen LogP contribution in [0.3, 0.4) is 0 Å². The number of ether oxygens (including phenoxy) is 1. The van der Waals surface area contributed by atoms with Gasteiger partial charge in [-0.3, -0.25) is 4.79 Å². The number of aliphatic hydroxyl groups is 1. The standard InChI is InChI=1S/C22H28O6S/c1-28-18-11-13-19(14-12-18)29(26,27)21(20(15-16-23)22(24)25)10-6-5-9-17-7-3-2-4-8-17/h2-4,7-8,11-14,20-21,23H,5-6,9-10,15-16H2,1H3,(H,24,25). The summed E-state index contributed by atoms with van der Waals surface area (Å²) >= 11 is 0. The highest BCUT2D eigenvalue weighted by Crippen LogP contribution is 2.29. The SMILES string of the molecule is COc1ccc(S(=O)(=O)C(CCCCc2ccccc2)C(CCO)C(=O)O)cc1. The maximum atomic E-state index is 13.2. The summed E-state index contributed by atoms with van der Waals surface area (Å²) in [4.78, 5) is 11.8. The number of methoxy groups -OCH3 is 1. The number of hydrogen-bond donors (Lipinski definition) is 2. The molecule has 0 aliphatic carbocycles. The van der Waals surface area contributed by atoms with Gasteiger partial charge in [0, 0.05) is 6.61 Å². The van der Waals surface area contributed by atoms with E-state index in [0.717, 1.165) is 18.4 Å². The number of aliphatic hydroxyl groups excluding tert-OH is 1. The molecule has 0 heterocycles. The number of rotatable bonds is 12. The molecule has 2 aromatic carbocycles. The van der Waals surface area contributed by atoms with Crippen molar-refractivity contribution in [3.8, 4) is 5.75 Å². The van der Waals surface area contributed by atoms with Crippen LogP contribution in [0.4, 0.5) is 0 Å². The number of carboxylic acid groups (broad SMARTS) is 1. The highest BCUT2D eigenvalue weighted by atomic mass is 32.2. The summed E-state index contributed by atoms with van der Waals surface area (Å²) in [6.07, 6.45) is 2.24. The summed E-state index contributed by atoms with van der Waals surface area (Å²) in [7, 11) is -2.40. The lowest BCUT2D eigenvalue weighted by Crippen LogP contribution is -2.36. The maximum absolute atomic E-state index is 13.2. The highest BCUT2D eigenvalue weighted by Gasteiger charge is 2.38. The molecule has 0 aliphatic heterocycles. The molecule has 7 heteroatoms. The minimum Gasteiger partial charge on any atom is -0.497 e. The van der Waals surface area contributed by atoms with Crippen molar-refractivity contribution in [2.24, 2.45) is 5.92 Å². The minimum atomic E-state index is -3.89. The van der Waals surface area contributed by atoms with E-state index in [1.54, 1.807) is 12.1 Å². The third-order valence-electron chi connectivity index (χ3n) is 5.04. The van der Waals surface area contributed by atoms with Gasteiger partial charge in [-0.05, 0) is 55.5 Å². The Morgan fingerprint density at radius 1 is 1.00 bits per heavy atom. The lowest BCUT2D eigenvalue weighted by molar-refractivity contribution is -0.142. The third-order valence-corrected chi connectivity index (χ3v) is 7.33. The van der Waals surface area contributed by atoms with E-state index in [1.165, 1.54) is 19.2 Å². The molecule has 2 aromatic rings. The Kier molecular flexibility index (Phi) is 8.67. The Bertz CT molecular complexity index is 862. The van der Waals surface area contributed by atoms with Gasteiger partial charge in [0.25, 0.3) is 0 Å². The van der Waals surface area contributed by atoms with E-state index in [0.29, 0.717) is 12.2 Å². The van der Waals surface area contributed by atoms with E-state index in [9.17, 15) is 23.4 Å². The van der Waals surface area contributed by atoms with E-state index < -0.39 is 27.0 Å². The summed E-state index contributed by atoms with van der Waals surface area (Å²) in [5.41, 5.74) is 1.16. The van der Waals surface area contributed by atoms with Gasteiger partial charge >= 0.3 is 5.97 Å². The van der Waals surface area contributed by atoms with E-state index in [-0.39, 0.29) is 24.3 Å². The van der Waals surface area contributed by atoms with Crippen LogP contribution in [-0.2, 0) is 21.1 Å². The second-order valence-corrected chi connectivity index (χ2v) is 9.11. The van der Waals surface area contributed by atoms with Crippen LogP contribution in [0.25, 0.3) is 0 Å². The molecule has 2 unspecified atom stereocenters. The van der Waals surface area contributed by atoms with Gasteiger partial charge in [-0.2, -0.15) is 0 Å². The Balaban J connectivity index is 2.19. The first kappa shape index (κ1) is 22.9. The number of sulfone groups is 1. The van der Waals surface area contributed by atoms with Crippen molar-refractivity contribution >= 4 is 15.8 Å². The molecule has 2 atom stereocenters. The van der Waals surface area contributed by atoms with Gasteiger partial charge in [0.2, 0.25) is 0 Å². The van der Waals surface area contributed by atoms with E-state index in [1.807, 2.05) is 30.3 Å². The van der Waals surface area contributed by atoms with E-state index in [4.69, 9.17) is 4.74 Å². The summed E-state index contributed by atoms with van der Waals surface area (Å²) in [5.74, 6) is -1.85. The van der Waals surface area contributed by atoms with Crippen molar-refractivity contribution in [3.63, 3.8) is 0 Å². The topological polar surface area (TPSA) is 101 Å². The van der Waals surface area contributed by atoms with Crippen LogP contribution in [-0.4, -0.2) is 43.6 Å². The lowest BCUT2D eigenvalue weighted by Gasteiger charge is -2.24. The predicted molar refractivity (Wildman–Crippen MR) is 111 cm³/mol. The summed E-state index contributed by atoms with van der Waals surface area (Å²) in [6, 6.07) is 15.8. The summed E-state index contributed by atoms with van der Waals surface area (Å²) in [6.45, 7) is -0.379. The van der Waals surface area contributed by atoms with Gasteiger partial charge in [-0.1, -0.05) is 36.8 Å². The van der Waals surface area contributed by atoms with E-state index in [2.05, 4.69) is 0 Å². The Labute approximate surface area is 172 Å². The summed E-state index contributed by atoms with van der Waals surface area (Å²) < 4.78 is 31.5. The number of carbonyl (C=O) groups is 1. The first-order valence-electron chi connectivity index (χ1n) is 9.65. The molecule has 0 radical (unpaired) electrons. The average Bonchev–Trinajstić information content (AvgIpc) is 2.73. The fraction of sp³-hybridized carbons (Fsp3) is 0.409. The molecule has 6 nitrogen and oxygen atoms in total. The van der Waals surface area contributed by atoms with Crippen LogP contribution < -0.4 is 4.74 Å². The first-order chi connectivity index (χ1) is 13.9. The molecule has 0 bridgehead atoms. The maximum Gasteiger partial charge on any atom is 0.307 e. The molecule has 0 saturated carbocycles. The van der Waals surface area contributed by atoms with Crippen molar-refractivity contribution < 1.29 is 28.2 Å². The van der Waals surface area contributed by atoms with Gasteiger partial charge in [0.05, 0.1) is 23.2 Å². The molecule has 0 amide bonds. The fourth-order valence-corrected chi connectivity index (χ4v) is 5.47. The third kappa shape index (κ3) is 6.30.